The van der Waals surface area contributed by atoms with Crippen LogP contribution >= 0.6 is 0 Å². The zero-order chi connectivity index (χ0) is 16.3. The predicted octanol–water partition coefficient (Wildman–Crippen LogP) is 1.55. The van der Waals surface area contributed by atoms with Crippen molar-refractivity contribution in [2.45, 2.75) is 17.3 Å². The molecule has 0 aliphatic rings. The summed E-state index contributed by atoms with van der Waals surface area (Å²) < 4.78 is 77.7. The lowest BCUT2D eigenvalue weighted by molar-refractivity contribution is -0.0383. The first-order chi connectivity index (χ1) is 9.58. The molecule has 0 bridgehead atoms. The number of aryl methyl sites for hydroxylation is 1. The number of sulfonamides is 1. The standard InChI is InChI=1S/C11H14F3NO4S2/c1-8-7-9(19-2)3-4-10(8)21(17,18)15-5-6-20(16)11(12,13)14/h3-4,7,15H,5-6H2,1-2H3. The Kier molecular flexibility index (Phi) is 5.76. The molecule has 0 saturated carbocycles. The summed E-state index contributed by atoms with van der Waals surface area (Å²) in [6.07, 6.45) is 0. The van der Waals surface area contributed by atoms with E-state index in [1.807, 2.05) is 4.72 Å². The molecule has 1 N–H and O–H groups in total. The fourth-order valence-electron chi connectivity index (χ4n) is 1.51. The lowest BCUT2D eigenvalue weighted by Gasteiger charge is -2.11. The summed E-state index contributed by atoms with van der Waals surface area (Å²) in [6.45, 7) is 0.963. The maximum atomic E-state index is 12.0. The molecule has 0 spiro atoms. The van der Waals surface area contributed by atoms with Crippen LogP contribution in [0.1, 0.15) is 5.56 Å². The van der Waals surface area contributed by atoms with Crippen LogP contribution in [0.25, 0.3) is 0 Å². The predicted molar refractivity (Wildman–Crippen MR) is 72.0 cm³/mol. The maximum absolute atomic E-state index is 12.0. The molecule has 21 heavy (non-hydrogen) atoms. The van der Waals surface area contributed by atoms with Gasteiger partial charge in [-0.15, -0.1) is 0 Å². The largest absolute Gasteiger partial charge is 0.497 e. The molecule has 0 amide bonds. The van der Waals surface area contributed by atoms with Crippen LogP contribution in [-0.2, 0) is 20.8 Å². The van der Waals surface area contributed by atoms with E-state index in [4.69, 9.17) is 4.74 Å². The smallest absolute Gasteiger partial charge is 0.471 e. The van der Waals surface area contributed by atoms with Crippen molar-refractivity contribution >= 4 is 20.8 Å². The topological polar surface area (TPSA) is 72.5 Å². The summed E-state index contributed by atoms with van der Waals surface area (Å²) in [6, 6.07) is 4.20. The minimum Gasteiger partial charge on any atom is -0.497 e. The molecule has 0 aliphatic carbocycles. The second kappa shape index (κ2) is 6.75. The summed E-state index contributed by atoms with van der Waals surface area (Å²) in [5.74, 6) is -0.373. The van der Waals surface area contributed by atoms with Crippen molar-refractivity contribution in [2.24, 2.45) is 0 Å². The second-order valence-electron chi connectivity index (χ2n) is 4.02. The highest BCUT2D eigenvalue weighted by atomic mass is 32.2. The average molecular weight is 345 g/mol. The van der Waals surface area contributed by atoms with Gasteiger partial charge in [-0.3, -0.25) is 4.21 Å². The molecule has 0 heterocycles. The number of halogens is 3. The van der Waals surface area contributed by atoms with Crippen molar-refractivity contribution in [1.82, 2.24) is 4.72 Å². The monoisotopic (exact) mass is 345 g/mol. The highest BCUT2D eigenvalue weighted by Gasteiger charge is 2.36. The average Bonchev–Trinajstić information content (AvgIpc) is 2.36. The molecule has 0 aliphatic heterocycles. The first-order valence-corrected chi connectivity index (χ1v) is 8.47. The lowest BCUT2D eigenvalue weighted by atomic mass is 10.2. The minimum absolute atomic E-state index is 0.0684. The summed E-state index contributed by atoms with van der Waals surface area (Å²) in [5.41, 5.74) is -4.46. The van der Waals surface area contributed by atoms with Gasteiger partial charge in [0.1, 0.15) is 16.5 Å². The van der Waals surface area contributed by atoms with Crippen molar-refractivity contribution < 1.29 is 30.5 Å². The van der Waals surface area contributed by atoms with Gasteiger partial charge in [0, 0.05) is 12.3 Å². The molecule has 0 saturated heterocycles. The molecule has 1 rings (SSSR count). The van der Waals surface area contributed by atoms with E-state index in [2.05, 4.69) is 0 Å². The zero-order valence-corrected chi connectivity index (χ0v) is 12.9. The summed E-state index contributed by atoms with van der Waals surface area (Å²) in [4.78, 5) is -0.0684. The number of methoxy groups -OCH3 is 1. The van der Waals surface area contributed by atoms with E-state index >= 15 is 0 Å². The first kappa shape index (κ1) is 17.9. The van der Waals surface area contributed by atoms with Gasteiger partial charge < -0.3 is 4.74 Å². The normalized spacial score (nSPS) is 14.0. The molecule has 1 unspecified atom stereocenters. The molecule has 120 valence electrons. The number of hydrogen-bond acceptors (Lipinski definition) is 4. The summed E-state index contributed by atoms with van der Waals surface area (Å²) in [7, 11) is -5.63. The van der Waals surface area contributed by atoms with Gasteiger partial charge in [0.2, 0.25) is 10.0 Å². The number of ether oxygens (including phenoxy) is 1. The van der Waals surface area contributed by atoms with Crippen LogP contribution in [0.2, 0.25) is 0 Å². The van der Waals surface area contributed by atoms with Crippen LogP contribution in [0.5, 0.6) is 5.75 Å². The van der Waals surface area contributed by atoms with Crippen molar-refractivity contribution in [3.05, 3.63) is 23.8 Å². The molecule has 1 aromatic rings. The van der Waals surface area contributed by atoms with E-state index in [0.29, 0.717) is 11.3 Å². The molecule has 1 atom stereocenters. The highest BCUT2D eigenvalue weighted by molar-refractivity contribution is 7.89. The van der Waals surface area contributed by atoms with Gasteiger partial charge in [0.15, 0.2) is 0 Å². The van der Waals surface area contributed by atoms with Crippen LogP contribution in [0.3, 0.4) is 0 Å². The first-order valence-electron chi connectivity index (χ1n) is 5.67. The maximum Gasteiger partial charge on any atom is 0.471 e. The van der Waals surface area contributed by atoms with Crippen LogP contribution < -0.4 is 9.46 Å². The van der Waals surface area contributed by atoms with E-state index in [9.17, 15) is 25.8 Å². The van der Waals surface area contributed by atoms with E-state index in [1.54, 1.807) is 0 Å². The van der Waals surface area contributed by atoms with Crippen LogP contribution in [0.4, 0.5) is 13.2 Å². The molecule has 0 fully saturated rings. The van der Waals surface area contributed by atoms with E-state index in [-0.39, 0.29) is 4.90 Å². The third kappa shape index (κ3) is 4.97. The fraction of sp³-hybridized carbons (Fsp3) is 0.455. The molecule has 5 nitrogen and oxygen atoms in total. The molecule has 1 aromatic carbocycles. The lowest BCUT2D eigenvalue weighted by Crippen LogP contribution is -2.31. The van der Waals surface area contributed by atoms with Crippen LogP contribution in [-0.4, -0.2) is 37.5 Å². The van der Waals surface area contributed by atoms with Gasteiger partial charge in [0.05, 0.1) is 12.0 Å². The molecule has 0 aromatic heterocycles. The number of rotatable bonds is 6. The van der Waals surface area contributed by atoms with Crippen LogP contribution in [0.15, 0.2) is 23.1 Å². The Balaban J connectivity index is 2.77. The Labute approximate surface area is 123 Å². The molecule has 0 radical (unpaired) electrons. The highest BCUT2D eigenvalue weighted by Crippen LogP contribution is 2.21. The number of nitrogens with one attached hydrogen (secondary N) is 1. The van der Waals surface area contributed by atoms with Gasteiger partial charge in [0.25, 0.3) is 0 Å². The third-order valence-corrected chi connectivity index (χ3v) is 5.22. The Morgan fingerprint density at radius 2 is 1.95 bits per heavy atom. The van der Waals surface area contributed by atoms with Crippen molar-refractivity contribution in [1.29, 1.82) is 0 Å². The van der Waals surface area contributed by atoms with Crippen molar-refractivity contribution in [3.8, 4) is 5.75 Å². The summed E-state index contributed by atoms with van der Waals surface area (Å²) in [5, 5.41) is 0. The Bertz CT molecular complexity index is 629. The van der Waals surface area contributed by atoms with Gasteiger partial charge in [-0.2, -0.15) is 13.2 Å². The Hall–Kier alpha value is -1.13. The van der Waals surface area contributed by atoms with E-state index in [1.165, 1.54) is 32.2 Å². The fourth-order valence-corrected chi connectivity index (χ4v) is 3.42. The Morgan fingerprint density at radius 1 is 1.33 bits per heavy atom. The van der Waals surface area contributed by atoms with Gasteiger partial charge in [-0.05, 0) is 30.7 Å². The number of hydrogen-bond donors (Lipinski definition) is 1. The number of benzene rings is 1. The van der Waals surface area contributed by atoms with E-state index < -0.39 is 38.6 Å². The van der Waals surface area contributed by atoms with Gasteiger partial charge in [-0.25, -0.2) is 13.1 Å². The Morgan fingerprint density at radius 3 is 2.43 bits per heavy atom. The van der Waals surface area contributed by atoms with E-state index in [0.717, 1.165) is 0 Å². The summed E-state index contributed by atoms with van der Waals surface area (Å²) >= 11 is 0. The van der Waals surface area contributed by atoms with Gasteiger partial charge >= 0.3 is 5.51 Å². The minimum atomic E-state index is -4.85. The molecule has 10 heteroatoms. The third-order valence-electron chi connectivity index (χ3n) is 2.51. The second-order valence-corrected chi connectivity index (χ2v) is 7.32. The molecular weight excluding hydrogens is 331 g/mol. The number of alkyl halides is 3. The van der Waals surface area contributed by atoms with Gasteiger partial charge in [-0.1, -0.05) is 0 Å². The van der Waals surface area contributed by atoms with Crippen LogP contribution in [0, 0.1) is 6.92 Å². The quantitative estimate of drug-likeness (QED) is 0.849. The zero-order valence-electron chi connectivity index (χ0n) is 11.2. The SMILES string of the molecule is COc1ccc(S(=O)(=O)NCCS(=O)C(F)(F)F)c(C)c1. The van der Waals surface area contributed by atoms with Crippen molar-refractivity contribution in [3.63, 3.8) is 0 Å². The van der Waals surface area contributed by atoms with Crippen molar-refractivity contribution in [2.75, 3.05) is 19.4 Å². The molecular formula is C11H14F3NO4S2.